The summed E-state index contributed by atoms with van der Waals surface area (Å²) in [4.78, 5) is 26.4. The predicted molar refractivity (Wildman–Crippen MR) is 95.4 cm³/mol. The van der Waals surface area contributed by atoms with Crippen molar-refractivity contribution < 1.29 is 19.0 Å². The van der Waals surface area contributed by atoms with Gasteiger partial charge in [-0.3, -0.25) is 4.98 Å². The molecule has 2 aromatic rings. The number of carbonyl (C=O) groups is 1. The minimum Gasteiger partial charge on any atom is -0.473 e. The van der Waals surface area contributed by atoms with Crippen LogP contribution in [0, 0.1) is 0 Å². The third-order valence-electron chi connectivity index (χ3n) is 3.59. The monoisotopic (exact) mass is 380 g/mol. The highest BCUT2D eigenvalue weighted by Gasteiger charge is 2.28. The minimum atomic E-state index is -0.538. The molecule has 8 nitrogen and oxygen atoms in total. The van der Waals surface area contributed by atoms with Gasteiger partial charge < -0.3 is 19.1 Å². The van der Waals surface area contributed by atoms with Crippen molar-refractivity contribution in [2.75, 3.05) is 26.3 Å². The van der Waals surface area contributed by atoms with Crippen LogP contribution in [0.2, 0.25) is 5.15 Å². The van der Waals surface area contributed by atoms with Crippen molar-refractivity contribution in [3.8, 4) is 5.88 Å². The largest absolute Gasteiger partial charge is 0.473 e. The summed E-state index contributed by atoms with van der Waals surface area (Å²) in [6.07, 6.45) is 2.48. The van der Waals surface area contributed by atoms with E-state index < -0.39 is 5.60 Å². The van der Waals surface area contributed by atoms with Gasteiger partial charge in [0.2, 0.25) is 5.88 Å². The van der Waals surface area contributed by atoms with E-state index in [0.29, 0.717) is 36.6 Å². The molecule has 26 heavy (non-hydrogen) atoms. The van der Waals surface area contributed by atoms with Crippen LogP contribution in [-0.4, -0.2) is 64.0 Å². The van der Waals surface area contributed by atoms with E-state index in [0.717, 1.165) is 0 Å². The molecule has 0 aromatic carbocycles. The third kappa shape index (κ3) is 4.70. The first-order valence-electron chi connectivity index (χ1n) is 8.31. The number of halogens is 1. The molecule has 3 heterocycles. The van der Waals surface area contributed by atoms with E-state index in [-0.39, 0.29) is 24.0 Å². The average molecular weight is 381 g/mol. The van der Waals surface area contributed by atoms with Gasteiger partial charge in [0.15, 0.2) is 5.52 Å². The van der Waals surface area contributed by atoms with E-state index in [1.165, 1.54) is 0 Å². The zero-order valence-corrected chi connectivity index (χ0v) is 15.7. The van der Waals surface area contributed by atoms with Gasteiger partial charge in [0.1, 0.15) is 23.5 Å². The molecule has 0 N–H and O–H groups in total. The lowest BCUT2D eigenvalue weighted by atomic mass is 10.2. The van der Waals surface area contributed by atoms with Crippen molar-refractivity contribution in [3.63, 3.8) is 0 Å². The number of fused-ring (bicyclic) bond motifs is 1. The summed E-state index contributed by atoms with van der Waals surface area (Å²) in [5.74, 6) is 0.290. The number of rotatable bonds is 3. The van der Waals surface area contributed by atoms with Gasteiger partial charge in [-0.15, -0.1) is 0 Å². The van der Waals surface area contributed by atoms with Crippen LogP contribution >= 0.6 is 11.6 Å². The molecular formula is C17H21ClN4O4. The number of amides is 1. The van der Waals surface area contributed by atoms with Gasteiger partial charge in [-0.1, -0.05) is 11.6 Å². The van der Waals surface area contributed by atoms with Gasteiger partial charge >= 0.3 is 6.09 Å². The first-order chi connectivity index (χ1) is 12.3. The molecule has 1 aliphatic rings. The van der Waals surface area contributed by atoms with Crippen molar-refractivity contribution in [1.82, 2.24) is 19.9 Å². The SMILES string of the molecule is CC(C)(C)OC(=O)N1CCOC(COc2nc(Cl)cc3nccnc23)C1. The smallest absolute Gasteiger partial charge is 0.410 e. The second-order valence-corrected chi connectivity index (χ2v) is 7.29. The predicted octanol–water partition coefficient (Wildman–Crippen LogP) is 2.69. The normalized spacial score (nSPS) is 18.0. The lowest BCUT2D eigenvalue weighted by Crippen LogP contribution is -2.49. The number of nitrogens with zero attached hydrogens (tertiary/aromatic N) is 4. The maximum absolute atomic E-state index is 12.2. The molecule has 140 valence electrons. The Balaban J connectivity index is 1.64. The van der Waals surface area contributed by atoms with E-state index in [1.54, 1.807) is 23.4 Å². The van der Waals surface area contributed by atoms with Crippen LogP contribution in [0.3, 0.4) is 0 Å². The van der Waals surface area contributed by atoms with Crippen LogP contribution in [0.4, 0.5) is 4.79 Å². The fraction of sp³-hybridized carbons (Fsp3) is 0.529. The van der Waals surface area contributed by atoms with Crippen LogP contribution in [0.1, 0.15) is 20.8 Å². The van der Waals surface area contributed by atoms with Crippen LogP contribution in [0.15, 0.2) is 18.5 Å². The number of ether oxygens (including phenoxy) is 3. The molecule has 1 saturated heterocycles. The van der Waals surface area contributed by atoms with Gasteiger partial charge in [0.25, 0.3) is 0 Å². The Hall–Kier alpha value is -2.19. The maximum atomic E-state index is 12.2. The Bertz CT molecular complexity index is 796. The quantitative estimate of drug-likeness (QED) is 0.756. The van der Waals surface area contributed by atoms with Crippen molar-refractivity contribution in [2.24, 2.45) is 0 Å². The molecule has 1 unspecified atom stereocenters. The zero-order valence-electron chi connectivity index (χ0n) is 14.9. The molecule has 1 amide bonds. The Labute approximate surface area is 156 Å². The fourth-order valence-corrected chi connectivity index (χ4v) is 2.68. The zero-order chi connectivity index (χ0) is 18.7. The molecule has 0 radical (unpaired) electrons. The maximum Gasteiger partial charge on any atom is 0.410 e. The molecule has 2 aromatic heterocycles. The van der Waals surface area contributed by atoms with Crippen molar-refractivity contribution in [1.29, 1.82) is 0 Å². The lowest BCUT2D eigenvalue weighted by Gasteiger charge is -2.34. The highest BCUT2D eigenvalue weighted by atomic mass is 35.5. The fourth-order valence-electron chi connectivity index (χ4n) is 2.50. The molecule has 1 fully saturated rings. The molecule has 1 aliphatic heterocycles. The number of carbonyl (C=O) groups excluding carboxylic acids is 1. The number of morpholine rings is 1. The number of pyridine rings is 1. The van der Waals surface area contributed by atoms with Crippen molar-refractivity contribution in [2.45, 2.75) is 32.5 Å². The Morgan fingerprint density at radius 2 is 2.15 bits per heavy atom. The Kier molecular flexibility index (Phi) is 5.43. The van der Waals surface area contributed by atoms with E-state index in [2.05, 4.69) is 15.0 Å². The second-order valence-electron chi connectivity index (χ2n) is 6.90. The summed E-state index contributed by atoms with van der Waals surface area (Å²) in [6.45, 7) is 6.98. The number of hydrogen-bond acceptors (Lipinski definition) is 7. The molecule has 9 heteroatoms. The Morgan fingerprint density at radius 1 is 1.38 bits per heavy atom. The highest BCUT2D eigenvalue weighted by molar-refractivity contribution is 6.30. The third-order valence-corrected chi connectivity index (χ3v) is 3.78. The average Bonchev–Trinajstić information content (AvgIpc) is 2.58. The molecule has 0 aliphatic carbocycles. The minimum absolute atomic E-state index is 0.207. The molecule has 0 spiro atoms. The highest BCUT2D eigenvalue weighted by Crippen LogP contribution is 2.23. The molecule has 1 atom stereocenters. The van der Waals surface area contributed by atoms with Crippen molar-refractivity contribution in [3.05, 3.63) is 23.6 Å². The van der Waals surface area contributed by atoms with E-state index in [9.17, 15) is 4.79 Å². The van der Waals surface area contributed by atoms with Gasteiger partial charge in [-0.2, -0.15) is 4.98 Å². The summed E-state index contributed by atoms with van der Waals surface area (Å²) >= 11 is 6.01. The van der Waals surface area contributed by atoms with Gasteiger partial charge in [-0.25, -0.2) is 9.78 Å². The van der Waals surface area contributed by atoms with E-state index >= 15 is 0 Å². The van der Waals surface area contributed by atoms with E-state index in [1.807, 2.05) is 20.8 Å². The van der Waals surface area contributed by atoms with Gasteiger partial charge in [0, 0.05) is 25.0 Å². The standard InChI is InChI=1S/C17H21ClN4O4/c1-17(2,3)26-16(23)22-6-7-24-11(9-22)10-25-15-14-12(8-13(18)21-15)19-4-5-20-14/h4-5,8,11H,6-7,9-10H2,1-3H3. The molecular weight excluding hydrogens is 360 g/mol. The first-order valence-corrected chi connectivity index (χ1v) is 8.69. The summed E-state index contributed by atoms with van der Waals surface area (Å²) in [6, 6.07) is 1.62. The number of hydrogen-bond donors (Lipinski definition) is 0. The summed E-state index contributed by atoms with van der Waals surface area (Å²) in [7, 11) is 0. The van der Waals surface area contributed by atoms with Crippen LogP contribution in [0.5, 0.6) is 5.88 Å². The second kappa shape index (κ2) is 7.59. The molecule has 3 rings (SSSR count). The van der Waals surface area contributed by atoms with Crippen LogP contribution < -0.4 is 4.74 Å². The number of aromatic nitrogens is 3. The van der Waals surface area contributed by atoms with E-state index in [4.69, 9.17) is 25.8 Å². The van der Waals surface area contributed by atoms with Crippen molar-refractivity contribution >= 4 is 28.7 Å². The topological polar surface area (TPSA) is 86.7 Å². The summed E-state index contributed by atoms with van der Waals surface area (Å²) in [5.41, 5.74) is 0.586. The molecule has 0 saturated carbocycles. The summed E-state index contributed by atoms with van der Waals surface area (Å²) in [5, 5.41) is 0.271. The molecule has 0 bridgehead atoms. The van der Waals surface area contributed by atoms with Crippen LogP contribution in [0.25, 0.3) is 11.0 Å². The van der Waals surface area contributed by atoms with Crippen LogP contribution in [-0.2, 0) is 9.47 Å². The summed E-state index contributed by atoms with van der Waals surface area (Å²) < 4.78 is 16.9. The Morgan fingerprint density at radius 3 is 2.92 bits per heavy atom. The first kappa shape index (κ1) is 18.6. The van der Waals surface area contributed by atoms with Gasteiger partial charge in [0.05, 0.1) is 18.7 Å². The lowest BCUT2D eigenvalue weighted by molar-refractivity contribution is -0.0560. The van der Waals surface area contributed by atoms with Gasteiger partial charge in [-0.05, 0) is 20.8 Å².